The van der Waals surface area contributed by atoms with Gasteiger partial charge in [0, 0.05) is 23.9 Å². The van der Waals surface area contributed by atoms with E-state index in [9.17, 15) is 14.0 Å². The normalized spacial score (nSPS) is 11.7. The number of nitrogens with one attached hydrogen (secondary N) is 2. The van der Waals surface area contributed by atoms with E-state index in [0.717, 1.165) is 0 Å². The van der Waals surface area contributed by atoms with Crippen molar-refractivity contribution in [3.05, 3.63) is 63.4 Å². The summed E-state index contributed by atoms with van der Waals surface area (Å²) in [7, 11) is 1.55. The van der Waals surface area contributed by atoms with E-state index >= 15 is 0 Å². The molecule has 0 heterocycles. The Hall–Kier alpha value is -2.15. The minimum atomic E-state index is -0.549. The largest absolute Gasteiger partial charge is 0.355 e. The summed E-state index contributed by atoms with van der Waals surface area (Å²) >= 11 is 11.8. The summed E-state index contributed by atoms with van der Waals surface area (Å²) in [6.45, 7) is 1.94. The lowest BCUT2D eigenvalue weighted by molar-refractivity contribution is -0.682. The van der Waals surface area contributed by atoms with Crippen LogP contribution in [0.15, 0.2) is 36.4 Å². The minimum Gasteiger partial charge on any atom is -0.355 e. The van der Waals surface area contributed by atoms with Gasteiger partial charge >= 0.3 is 0 Å². The first-order valence-electron chi connectivity index (χ1n) is 7.91. The van der Waals surface area contributed by atoms with Crippen molar-refractivity contribution < 1.29 is 19.3 Å². The van der Waals surface area contributed by atoms with Gasteiger partial charge in [-0.15, -0.1) is 0 Å². The van der Waals surface area contributed by atoms with E-state index < -0.39 is 5.82 Å². The molecule has 2 aromatic carbocycles. The van der Waals surface area contributed by atoms with Crippen molar-refractivity contribution in [3.8, 4) is 0 Å². The van der Waals surface area contributed by atoms with Crippen LogP contribution in [0, 0.1) is 5.82 Å². The molecular formula is C18H19Cl2FN3O2+. The second kappa shape index (κ2) is 8.98. The molecular weight excluding hydrogens is 380 g/mol. The van der Waals surface area contributed by atoms with Crippen LogP contribution < -0.4 is 16.0 Å². The van der Waals surface area contributed by atoms with Gasteiger partial charge in [0.05, 0.1) is 10.0 Å². The summed E-state index contributed by atoms with van der Waals surface area (Å²) in [4.78, 5) is 23.6. The smallest absolute Gasteiger partial charge is 0.279 e. The zero-order valence-electron chi connectivity index (χ0n) is 14.3. The van der Waals surface area contributed by atoms with Gasteiger partial charge in [0.2, 0.25) is 0 Å². The number of hydrogen-bond donors (Lipinski definition) is 3. The van der Waals surface area contributed by atoms with E-state index in [1.165, 1.54) is 12.1 Å². The number of rotatable bonds is 6. The van der Waals surface area contributed by atoms with Crippen molar-refractivity contribution in [2.75, 3.05) is 18.9 Å². The molecule has 0 spiro atoms. The number of nitrogens with two attached hydrogens (primary N) is 1. The van der Waals surface area contributed by atoms with Crippen LogP contribution in [0.1, 0.15) is 28.9 Å². The van der Waals surface area contributed by atoms with Crippen molar-refractivity contribution in [2.24, 2.45) is 0 Å². The topological polar surface area (TPSA) is 74.8 Å². The lowest BCUT2D eigenvalue weighted by atomic mass is 10.1. The molecule has 138 valence electrons. The highest BCUT2D eigenvalue weighted by Gasteiger charge is 2.17. The zero-order chi connectivity index (χ0) is 19.3. The molecule has 0 saturated carbocycles. The van der Waals surface area contributed by atoms with Crippen LogP contribution in [0.5, 0.6) is 0 Å². The molecule has 8 heteroatoms. The average molecular weight is 399 g/mol. The summed E-state index contributed by atoms with van der Waals surface area (Å²) in [5, 5.41) is 7.32. The third-order valence-corrected chi connectivity index (χ3v) is 4.46. The quantitative estimate of drug-likeness (QED) is 0.654. The molecule has 4 N–H and O–H groups in total. The van der Waals surface area contributed by atoms with E-state index in [0.29, 0.717) is 21.8 Å². The SMILES string of the molecule is CNC(=O)c1ccc(NC(=O)C[NH2+][C@H](C)c2cc(F)c(Cl)cc2Cl)cc1. The molecule has 5 nitrogen and oxygen atoms in total. The van der Waals surface area contributed by atoms with Gasteiger partial charge < -0.3 is 16.0 Å². The van der Waals surface area contributed by atoms with Gasteiger partial charge in [-0.25, -0.2) is 4.39 Å². The Balaban J connectivity index is 1.92. The standard InChI is InChI=1S/C18H18Cl2FN3O2/c1-10(13-7-16(21)15(20)8-14(13)19)23-9-17(25)24-12-5-3-11(4-6-12)18(26)22-2/h3-8,10,23H,9H2,1-2H3,(H,22,26)(H,24,25)/p+1/t10-/m1/s1. The molecule has 1 atom stereocenters. The van der Waals surface area contributed by atoms with Crippen LogP contribution in [0.2, 0.25) is 10.0 Å². The fourth-order valence-electron chi connectivity index (χ4n) is 2.36. The van der Waals surface area contributed by atoms with Gasteiger partial charge in [0.25, 0.3) is 11.8 Å². The van der Waals surface area contributed by atoms with Gasteiger partial charge in [-0.2, -0.15) is 0 Å². The Bertz CT molecular complexity index is 813. The Labute approximate surface area is 160 Å². The molecule has 2 amide bonds. The molecule has 0 unspecified atom stereocenters. The number of anilines is 1. The van der Waals surface area contributed by atoms with E-state index in [1.807, 2.05) is 6.92 Å². The van der Waals surface area contributed by atoms with Crippen LogP contribution >= 0.6 is 23.2 Å². The highest BCUT2D eigenvalue weighted by Crippen LogP contribution is 2.27. The summed E-state index contributed by atoms with van der Waals surface area (Å²) in [6, 6.07) is 8.95. The van der Waals surface area contributed by atoms with Crippen LogP contribution in [0.25, 0.3) is 0 Å². The average Bonchev–Trinajstić information content (AvgIpc) is 2.62. The Morgan fingerprint density at radius 3 is 2.42 bits per heavy atom. The monoisotopic (exact) mass is 398 g/mol. The maximum absolute atomic E-state index is 13.6. The summed E-state index contributed by atoms with van der Waals surface area (Å²) < 4.78 is 13.6. The third kappa shape index (κ3) is 5.17. The first-order chi connectivity index (χ1) is 12.3. The lowest BCUT2D eigenvalue weighted by Gasteiger charge is -2.13. The number of carbonyl (C=O) groups excluding carboxylic acids is 2. The van der Waals surface area contributed by atoms with Crippen LogP contribution in [-0.4, -0.2) is 25.4 Å². The van der Waals surface area contributed by atoms with E-state index in [2.05, 4.69) is 10.6 Å². The number of hydrogen-bond acceptors (Lipinski definition) is 2. The van der Waals surface area contributed by atoms with Crippen molar-refractivity contribution in [2.45, 2.75) is 13.0 Å². The number of benzene rings is 2. The van der Waals surface area contributed by atoms with Crippen LogP contribution in [0.3, 0.4) is 0 Å². The summed E-state index contributed by atoms with van der Waals surface area (Å²) in [5.41, 5.74) is 1.65. The van der Waals surface area contributed by atoms with E-state index in [-0.39, 0.29) is 29.4 Å². The maximum Gasteiger partial charge on any atom is 0.279 e. The molecule has 0 aliphatic rings. The summed E-state index contributed by atoms with van der Waals surface area (Å²) in [6.07, 6.45) is 0. The molecule has 2 aromatic rings. The van der Waals surface area contributed by atoms with Crippen molar-refractivity contribution >= 4 is 40.7 Å². The predicted octanol–water partition coefficient (Wildman–Crippen LogP) is 2.76. The molecule has 26 heavy (non-hydrogen) atoms. The molecule has 0 aliphatic carbocycles. The van der Waals surface area contributed by atoms with Gasteiger partial charge in [-0.1, -0.05) is 23.2 Å². The van der Waals surface area contributed by atoms with Crippen LogP contribution in [0.4, 0.5) is 10.1 Å². The van der Waals surface area contributed by atoms with E-state index in [1.54, 1.807) is 36.6 Å². The maximum atomic E-state index is 13.6. The zero-order valence-corrected chi connectivity index (χ0v) is 15.8. The Morgan fingerprint density at radius 2 is 1.81 bits per heavy atom. The third-order valence-electron chi connectivity index (χ3n) is 3.84. The van der Waals surface area contributed by atoms with Gasteiger partial charge in [0.15, 0.2) is 6.54 Å². The van der Waals surface area contributed by atoms with Crippen molar-refractivity contribution in [1.82, 2.24) is 5.32 Å². The molecule has 2 rings (SSSR count). The van der Waals surface area contributed by atoms with E-state index in [4.69, 9.17) is 23.2 Å². The second-order valence-corrected chi connectivity index (χ2v) is 6.54. The number of quaternary nitrogens is 1. The highest BCUT2D eigenvalue weighted by atomic mass is 35.5. The Kier molecular flexibility index (Phi) is 6.97. The van der Waals surface area contributed by atoms with Crippen LogP contribution in [-0.2, 0) is 4.79 Å². The molecule has 0 aromatic heterocycles. The first-order valence-corrected chi connectivity index (χ1v) is 8.67. The summed E-state index contributed by atoms with van der Waals surface area (Å²) in [5.74, 6) is -0.973. The molecule has 0 fully saturated rings. The fourth-order valence-corrected chi connectivity index (χ4v) is 2.91. The Morgan fingerprint density at radius 1 is 1.15 bits per heavy atom. The highest BCUT2D eigenvalue weighted by molar-refractivity contribution is 6.35. The van der Waals surface area contributed by atoms with Crippen molar-refractivity contribution in [1.29, 1.82) is 0 Å². The molecule has 0 aliphatic heterocycles. The predicted molar refractivity (Wildman–Crippen MR) is 100 cm³/mol. The fraction of sp³-hybridized carbons (Fsp3) is 0.222. The number of halogens is 3. The minimum absolute atomic E-state index is 0.0381. The first kappa shape index (κ1) is 20.2. The van der Waals surface area contributed by atoms with Crippen molar-refractivity contribution in [3.63, 3.8) is 0 Å². The van der Waals surface area contributed by atoms with Gasteiger partial charge in [0.1, 0.15) is 11.9 Å². The number of carbonyl (C=O) groups is 2. The molecule has 0 radical (unpaired) electrons. The second-order valence-electron chi connectivity index (χ2n) is 5.72. The molecule has 0 bridgehead atoms. The molecule has 0 saturated heterocycles. The lowest BCUT2D eigenvalue weighted by Crippen LogP contribution is -2.86. The van der Waals surface area contributed by atoms with Gasteiger partial charge in [-0.05, 0) is 43.3 Å². The van der Waals surface area contributed by atoms with Gasteiger partial charge in [-0.3, -0.25) is 9.59 Å². The number of amides is 2.